The van der Waals surface area contributed by atoms with E-state index in [1.165, 1.54) is 5.56 Å². The Morgan fingerprint density at radius 1 is 1.18 bits per heavy atom. The number of hydrogen-bond acceptors (Lipinski definition) is 2. The van der Waals surface area contributed by atoms with E-state index in [4.69, 9.17) is 5.11 Å². The van der Waals surface area contributed by atoms with Crippen LogP contribution in [0.15, 0.2) is 24.3 Å². The monoisotopic (exact) mass is 236 g/mol. The molecule has 3 N–H and O–H groups in total. The van der Waals surface area contributed by atoms with Crippen molar-refractivity contribution in [2.45, 2.75) is 26.2 Å². The second-order valence-electron chi connectivity index (χ2n) is 3.95. The highest BCUT2D eigenvalue weighted by molar-refractivity contribution is 5.73. The zero-order chi connectivity index (χ0) is 12.5. The lowest BCUT2D eigenvalue weighted by molar-refractivity contribution is 0.241. The molecule has 0 aliphatic carbocycles. The number of urea groups is 1. The van der Waals surface area contributed by atoms with Gasteiger partial charge in [0.2, 0.25) is 0 Å². The Morgan fingerprint density at radius 3 is 2.47 bits per heavy atom. The summed E-state index contributed by atoms with van der Waals surface area (Å²) in [6, 6.07) is 7.05. The number of phenols is 1. The van der Waals surface area contributed by atoms with E-state index in [1.807, 2.05) is 19.1 Å². The van der Waals surface area contributed by atoms with Crippen LogP contribution in [0.25, 0.3) is 0 Å². The first-order chi connectivity index (χ1) is 8.22. The number of aromatic hydroxyl groups is 1. The number of aryl methyl sites for hydroxylation is 1. The highest BCUT2D eigenvalue weighted by Crippen LogP contribution is 2.10. The Labute approximate surface area is 102 Å². The number of phenolic OH excluding ortho intramolecular Hbond substituents is 1. The van der Waals surface area contributed by atoms with Crippen LogP contribution in [0.3, 0.4) is 0 Å². The fraction of sp³-hybridized carbons (Fsp3) is 0.462. The van der Waals surface area contributed by atoms with Crippen LogP contribution in [-0.4, -0.2) is 24.2 Å². The molecule has 1 rings (SSSR count). The summed E-state index contributed by atoms with van der Waals surface area (Å²) < 4.78 is 0. The minimum atomic E-state index is -0.0995. The molecule has 0 aromatic heterocycles. The maximum Gasteiger partial charge on any atom is 0.314 e. The molecule has 0 fully saturated rings. The van der Waals surface area contributed by atoms with Crippen LogP contribution in [0, 0.1) is 0 Å². The van der Waals surface area contributed by atoms with Gasteiger partial charge in [-0.15, -0.1) is 0 Å². The van der Waals surface area contributed by atoms with Gasteiger partial charge < -0.3 is 15.7 Å². The summed E-state index contributed by atoms with van der Waals surface area (Å²) in [7, 11) is 0. The van der Waals surface area contributed by atoms with Gasteiger partial charge in [-0.1, -0.05) is 19.1 Å². The van der Waals surface area contributed by atoms with E-state index in [2.05, 4.69) is 10.6 Å². The number of nitrogens with one attached hydrogen (secondary N) is 2. The predicted molar refractivity (Wildman–Crippen MR) is 68.1 cm³/mol. The van der Waals surface area contributed by atoms with E-state index in [1.54, 1.807) is 12.1 Å². The molecule has 94 valence electrons. The van der Waals surface area contributed by atoms with Crippen LogP contribution in [0.4, 0.5) is 4.79 Å². The van der Waals surface area contributed by atoms with Crippen molar-refractivity contribution in [3.63, 3.8) is 0 Å². The average molecular weight is 236 g/mol. The molecule has 0 bridgehead atoms. The Morgan fingerprint density at radius 2 is 1.82 bits per heavy atom. The molecule has 0 aliphatic rings. The Kier molecular flexibility index (Phi) is 5.93. The molecule has 0 saturated heterocycles. The van der Waals surface area contributed by atoms with Crippen LogP contribution in [-0.2, 0) is 6.42 Å². The molecule has 2 amide bonds. The van der Waals surface area contributed by atoms with E-state index in [9.17, 15) is 4.79 Å². The van der Waals surface area contributed by atoms with Gasteiger partial charge in [-0.05, 0) is 37.0 Å². The zero-order valence-corrected chi connectivity index (χ0v) is 10.2. The predicted octanol–water partition coefficient (Wildman–Crippen LogP) is 2.03. The standard InChI is InChI=1S/C13H20N2O2/c1-2-9-14-13(17)15-10-3-4-11-5-7-12(16)8-6-11/h5-8,16H,2-4,9-10H2,1H3,(H2,14,15,17). The van der Waals surface area contributed by atoms with Crippen molar-refractivity contribution < 1.29 is 9.90 Å². The number of rotatable bonds is 6. The van der Waals surface area contributed by atoms with E-state index in [0.29, 0.717) is 13.1 Å². The van der Waals surface area contributed by atoms with Gasteiger partial charge in [-0.3, -0.25) is 0 Å². The van der Waals surface area contributed by atoms with Gasteiger partial charge in [-0.2, -0.15) is 0 Å². The summed E-state index contributed by atoms with van der Waals surface area (Å²) >= 11 is 0. The van der Waals surface area contributed by atoms with Gasteiger partial charge in [0.1, 0.15) is 5.75 Å². The van der Waals surface area contributed by atoms with Crippen molar-refractivity contribution in [2.24, 2.45) is 0 Å². The summed E-state index contributed by atoms with van der Waals surface area (Å²) in [5, 5.41) is 14.7. The molecule has 1 aromatic rings. The van der Waals surface area contributed by atoms with Crippen molar-refractivity contribution in [3.05, 3.63) is 29.8 Å². The number of carbonyl (C=O) groups is 1. The van der Waals surface area contributed by atoms with Gasteiger partial charge >= 0.3 is 6.03 Å². The highest BCUT2D eigenvalue weighted by Gasteiger charge is 1.98. The van der Waals surface area contributed by atoms with Gasteiger partial charge in [-0.25, -0.2) is 4.79 Å². The topological polar surface area (TPSA) is 61.4 Å². The fourth-order valence-corrected chi connectivity index (χ4v) is 1.46. The summed E-state index contributed by atoms with van der Waals surface area (Å²) in [5.41, 5.74) is 1.17. The molecule has 0 saturated carbocycles. The van der Waals surface area contributed by atoms with Crippen LogP contribution in [0.5, 0.6) is 5.75 Å². The first kappa shape index (κ1) is 13.4. The van der Waals surface area contributed by atoms with Gasteiger partial charge in [0.05, 0.1) is 0 Å². The fourth-order valence-electron chi connectivity index (χ4n) is 1.46. The second-order valence-corrected chi connectivity index (χ2v) is 3.95. The maximum atomic E-state index is 11.2. The van der Waals surface area contributed by atoms with Crippen LogP contribution in [0.2, 0.25) is 0 Å². The third-order valence-electron chi connectivity index (χ3n) is 2.40. The van der Waals surface area contributed by atoms with Gasteiger partial charge in [0.25, 0.3) is 0 Å². The zero-order valence-electron chi connectivity index (χ0n) is 10.2. The minimum absolute atomic E-state index is 0.0995. The molecular weight excluding hydrogens is 216 g/mol. The first-order valence-corrected chi connectivity index (χ1v) is 6.02. The van der Waals surface area contributed by atoms with Crippen molar-refractivity contribution in [1.82, 2.24) is 10.6 Å². The summed E-state index contributed by atoms with van der Waals surface area (Å²) in [4.78, 5) is 11.2. The average Bonchev–Trinajstić information content (AvgIpc) is 2.34. The molecular formula is C13H20N2O2. The summed E-state index contributed by atoms with van der Waals surface area (Å²) in [6.07, 6.45) is 2.74. The summed E-state index contributed by atoms with van der Waals surface area (Å²) in [5.74, 6) is 0.283. The summed E-state index contributed by atoms with van der Waals surface area (Å²) in [6.45, 7) is 3.39. The molecule has 0 atom stereocenters. The van der Waals surface area contributed by atoms with Gasteiger partial charge in [0, 0.05) is 13.1 Å². The van der Waals surface area contributed by atoms with E-state index in [0.717, 1.165) is 19.3 Å². The van der Waals surface area contributed by atoms with Crippen LogP contribution in [0.1, 0.15) is 25.3 Å². The molecule has 0 spiro atoms. The number of hydrogen-bond donors (Lipinski definition) is 3. The lowest BCUT2D eigenvalue weighted by Gasteiger charge is -2.06. The lowest BCUT2D eigenvalue weighted by atomic mass is 10.1. The third kappa shape index (κ3) is 5.80. The van der Waals surface area contributed by atoms with Crippen LogP contribution < -0.4 is 10.6 Å². The Hall–Kier alpha value is -1.71. The van der Waals surface area contributed by atoms with Crippen molar-refractivity contribution >= 4 is 6.03 Å². The molecule has 4 heteroatoms. The number of benzene rings is 1. The lowest BCUT2D eigenvalue weighted by Crippen LogP contribution is -2.36. The normalized spacial score (nSPS) is 9.94. The first-order valence-electron chi connectivity index (χ1n) is 6.02. The van der Waals surface area contributed by atoms with Crippen molar-refractivity contribution in [2.75, 3.05) is 13.1 Å². The van der Waals surface area contributed by atoms with Crippen molar-refractivity contribution in [3.8, 4) is 5.75 Å². The third-order valence-corrected chi connectivity index (χ3v) is 2.40. The molecule has 4 nitrogen and oxygen atoms in total. The number of carbonyl (C=O) groups excluding carboxylic acids is 1. The quantitative estimate of drug-likeness (QED) is 0.662. The maximum absolute atomic E-state index is 11.2. The number of amides is 2. The van der Waals surface area contributed by atoms with Crippen LogP contribution >= 0.6 is 0 Å². The molecule has 0 unspecified atom stereocenters. The molecule has 0 radical (unpaired) electrons. The van der Waals surface area contributed by atoms with E-state index < -0.39 is 0 Å². The SMILES string of the molecule is CCCNC(=O)NCCCc1ccc(O)cc1. The molecule has 0 heterocycles. The smallest absolute Gasteiger partial charge is 0.314 e. The molecule has 17 heavy (non-hydrogen) atoms. The highest BCUT2D eigenvalue weighted by atomic mass is 16.3. The largest absolute Gasteiger partial charge is 0.508 e. The van der Waals surface area contributed by atoms with E-state index in [-0.39, 0.29) is 11.8 Å². The molecule has 1 aromatic carbocycles. The van der Waals surface area contributed by atoms with E-state index >= 15 is 0 Å². The minimum Gasteiger partial charge on any atom is -0.508 e. The second kappa shape index (κ2) is 7.54. The van der Waals surface area contributed by atoms with Gasteiger partial charge in [0.15, 0.2) is 0 Å². The molecule has 0 aliphatic heterocycles. The van der Waals surface area contributed by atoms with Crippen molar-refractivity contribution in [1.29, 1.82) is 0 Å². The Bertz CT molecular complexity index is 336. The Balaban J connectivity index is 2.11.